The smallest absolute Gasteiger partial charge is 0.251 e. The van der Waals surface area contributed by atoms with E-state index in [0.717, 1.165) is 5.56 Å². The molecule has 0 heterocycles. The largest absolute Gasteiger partial charge is 0.381 e. The molecule has 0 atom stereocenters. The monoisotopic (exact) mass is 239 g/mol. The Morgan fingerprint density at radius 3 is 2.65 bits per heavy atom. The van der Waals surface area contributed by atoms with Gasteiger partial charge in [-0.2, -0.15) is 0 Å². The third-order valence-electron chi connectivity index (χ3n) is 2.48. The second-order valence-corrected chi connectivity index (χ2v) is 4.65. The highest BCUT2D eigenvalue weighted by molar-refractivity contribution is 5.83. The molecule has 94 valence electrons. The van der Waals surface area contributed by atoms with Crippen molar-refractivity contribution in [3.8, 4) is 0 Å². The maximum Gasteiger partial charge on any atom is 0.251 e. The van der Waals surface area contributed by atoms with Crippen molar-refractivity contribution in [3.63, 3.8) is 0 Å². The molecule has 0 fully saturated rings. The number of benzene rings is 1. The molecule has 3 nitrogen and oxygen atoms in total. The molecule has 0 unspecified atom stereocenters. The minimum atomic E-state index is -1.36. The Morgan fingerprint density at radius 1 is 1.47 bits per heavy atom. The van der Waals surface area contributed by atoms with Crippen LogP contribution < -0.4 is 5.32 Å². The van der Waals surface area contributed by atoms with E-state index >= 15 is 0 Å². The number of carbonyl (C=O) groups is 1. The molecule has 0 spiro atoms. The Morgan fingerprint density at radius 2 is 2.12 bits per heavy atom. The zero-order valence-electron chi connectivity index (χ0n) is 10.4. The van der Waals surface area contributed by atoms with Gasteiger partial charge in [0.15, 0.2) is 0 Å². The molecule has 1 amide bonds. The minimum absolute atomic E-state index is 0.228. The van der Waals surface area contributed by atoms with Crippen molar-refractivity contribution in [1.82, 2.24) is 5.32 Å². The van der Waals surface area contributed by atoms with Gasteiger partial charge in [0.2, 0.25) is 0 Å². The third-order valence-corrected chi connectivity index (χ3v) is 2.48. The van der Waals surface area contributed by atoms with E-state index in [1.807, 2.05) is 0 Å². The lowest BCUT2D eigenvalue weighted by molar-refractivity contribution is -0.136. The van der Waals surface area contributed by atoms with Gasteiger partial charge in [0, 0.05) is 6.54 Å². The molecule has 4 heteroatoms. The van der Waals surface area contributed by atoms with Gasteiger partial charge in [-0.15, -0.1) is 0 Å². The normalized spacial score (nSPS) is 11.4. The molecule has 1 aromatic rings. The van der Waals surface area contributed by atoms with Gasteiger partial charge in [-0.1, -0.05) is 12.1 Å². The Labute approximate surface area is 101 Å². The number of rotatable bonds is 4. The summed E-state index contributed by atoms with van der Waals surface area (Å²) in [6, 6.07) is 4.87. The fraction of sp³-hybridized carbons (Fsp3) is 0.462. The van der Waals surface area contributed by atoms with Crippen LogP contribution in [0, 0.1) is 12.7 Å². The van der Waals surface area contributed by atoms with Crippen LogP contribution in [0.15, 0.2) is 18.2 Å². The van der Waals surface area contributed by atoms with E-state index in [0.29, 0.717) is 18.5 Å². The van der Waals surface area contributed by atoms with E-state index < -0.39 is 11.5 Å². The minimum Gasteiger partial charge on any atom is -0.381 e. The summed E-state index contributed by atoms with van der Waals surface area (Å²) in [5.41, 5.74) is 0.190. The van der Waals surface area contributed by atoms with E-state index in [1.54, 1.807) is 19.1 Å². The molecule has 0 aromatic heterocycles. The van der Waals surface area contributed by atoms with Crippen molar-refractivity contribution in [1.29, 1.82) is 0 Å². The van der Waals surface area contributed by atoms with Crippen LogP contribution in [0.25, 0.3) is 0 Å². The molecule has 0 saturated carbocycles. The first-order valence-electron chi connectivity index (χ1n) is 5.56. The topological polar surface area (TPSA) is 49.3 Å². The van der Waals surface area contributed by atoms with Crippen molar-refractivity contribution in [2.75, 3.05) is 6.54 Å². The van der Waals surface area contributed by atoms with E-state index in [2.05, 4.69) is 5.32 Å². The SMILES string of the molecule is Cc1cc(CCNC(=O)C(C)(C)O)ccc1F. The number of nitrogens with one attached hydrogen (secondary N) is 1. The number of aliphatic hydroxyl groups is 1. The zero-order chi connectivity index (χ0) is 13.1. The van der Waals surface area contributed by atoms with Crippen LogP contribution in [-0.2, 0) is 11.2 Å². The first-order chi connectivity index (χ1) is 7.80. The second kappa shape index (κ2) is 5.27. The molecule has 2 N–H and O–H groups in total. The quantitative estimate of drug-likeness (QED) is 0.837. The first kappa shape index (κ1) is 13.6. The Bertz CT molecular complexity index is 410. The Hall–Kier alpha value is -1.42. The van der Waals surface area contributed by atoms with Crippen LogP contribution in [-0.4, -0.2) is 23.2 Å². The standard InChI is InChI=1S/C13H18FNO2/c1-9-8-10(4-5-11(9)14)6-7-15-12(16)13(2,3)17/h4-5,8,17H,6-7H2,1-3H3,(H,15,16). The number of hydrogen-bond donors (Lipinski definition) is 2. The number of aryl methyl sites for hydroxylation is 1. The summed E-state index contributed by atoms with van der Waals surface area (Å²) in [5.74, 6) is -0.634. The van der Waals surface area contributed by atoms with Gasteiger partial charge in [0.1, 0.15) is 11.4 Å². The van der Waals surface area contributed by atoms with E-state index in [9.17, 15) is 14.3 Å². The average Bonchev–Trinajstić information content (AvgIpc) is 2.22. The fourth-order valence-electron chi connectivity index (χ4n) is 1.40. The van der Waals surface area contributed by atoms with Crippen LogP contribution in [0.3, 0.4) is 0 Å². The predicted molar refractivity (Wildman–Crippen MR) is 64.1 cm³/mol. The highest BCUT2D eigenvalue weighted by Gasteiger charge is 2.22. The van der Waals surface area contributed by atoms with Gasteiger partial charge in [-0.3, -0.25) is 4.79 Å². The maximum absolute atomic E-state index is 13.0. The van der Waals surface area contributed by atoms with Crippen LogP contribution in [0.4, 0.5) is 4.39 Å². The first-order valence-corrected chi connectivity index (χ1v) is 5.56. The van der Waals surface area contributed by atoms with Crippen LogP contribution in [0.2, 0.25) is 0 Å². The molecule has 1 aromatic carbocycles. The summed E-state index contributed by atoms with van der Waals surface area (Å²) in [6.07, 6.45) is 0.614. The molecule has 17 heavy (non-hydrogen) atoms. The Kier molecular flexibility index (Phi) is 4.23. The van der Waals surface area contributed by atoms with E-state index in [1.165, 1.54) is 19.9 Å². The van der Waals surface area contributed by atoms with Gasteiger partial charge >= 0.3 is 0 Å². The highest BCUT2D eigenvalue weighted by atomic mass is 19.1. The summed E-state index contributed by atoms with van der Waals surface area (Å²) < 4.78 is 13.0. The maximum atomic E-state index is 13.0. The summed E-state index contributed by atoms with van der Waals surface area (Å²) >= 11 is 0. The molecule has 0 radical (unpaired) electrons. The van der Waals surface area contributed by atoms with Crippen LogP contribution in [0.1, 0.15) is 25.0 Å². The molecule has 0 bridgehead atoms. The number of halogens is 1. The summed E-state index contributed by atoms with van der Waals surface area (Å²) in [4.78, 5) is 11.4. The van der Waals surface area contributed by atoms with Crippen LogP contribution in [0.5, 0.6) is 0 Å². The lowest BCUT2D eigenvalue weighted by atomic mass is 10.1. The lowest BCUT2D eigenvalue weighted by Gasteiger charge is -2.16. The molecule has 1 rings (SSSR count). The zero-order valence-corrected chi connectivity index (χ0v) is 10.4. The van der Waals surface area contributed by atoms with Crippen molar-refractivity contribution in [2.24, 2.45) is 0 Å². The van der Waals surface area contributed by atoms with E-state index in [4.69, 9.17) is 0 Å². The summed E-state index contributed by atoms with van der Waals surface area (Å²) in [5, 5.41) is 12.0. The molecule has 0 aliphatic rings. The Balaban J connectivity index is 2.46. The lowest BCUT2D eigenvalue weighted by Crippen LogP contribution is -2.42. The summed E-state index contributed by atoms with van der Waals surface area (Å²) in [7, 11) is 0. The van der Waals surface area contributed by atoms with Crippen LogP contribution >= 0.6 is 0 Å². The molecular formula is C13H18FNO2. The molecular weight excluding hydrogens is 221 g/mol. The molecule has 0 aliphatic carbocycles. The van der Waals surface area contributed by atoms with Gasteiger partial charge in [0.05, 0.1) is 0 Å². The number of carbonyl (C=O) groups excluding carboxylic acids is 1. The van der Waals surface area contributed by atoms with Gasteiger partial charge < -0.3 is 10.4 Å². The van der Waals surface area contributed by atoms with E-state index in [-0.39, 0.29) is 5.82 Å². The number of amides is 1. The van der Waals surface area contributed by atoms with Crippen molar-refractivity contribution in [2.45, 2.75) is 32.8 Å². The molecule has 0 saturated heterocycles. The van der Waals surface area contributed by atoms with Crippen molar-refractivity contribution >= 4 is 5.91 Å². The highest BCUT2D eigenvalue weighted by Crippen LogP contribution is 2.09. The van der Waals surface area contributed by atoms with Gasteiger partial charge in [-0.25, -0.2) is 4.39 Å². The van der Waals surface area contributed by atoms with Crippen molar-refractivity contribution in [3.05, 3.63) is 35.1 Å². The fourth-order valence-corrected chi connectivity index (χ4v) is 1.40. The summed E-state index contributed by atoms with van der Waals surface area (Å²) in [6.45, 7) is 5.00. The average molecular weight is 239 g/mol. The van der Waals surface area contributed by atoms with Crippen molar-refractivity contribution < 1.29 is 14.3 Å². The third kappa shape index (κ3) is 4.15. The number of hydrogen-bond acceptors (Lipinski definition) is 2. The predicted octanol–water partition coefficient (Wildman–Crippen LogP) is 1.56. The van der Waals surface area contributed by atoms with Gasteiger partial charge in [0.25, 0.3) is 5.91 Å². The molecule has 0 aliphatic heterocycles. The second-order valence-electron chi connectivity index (χ2n) is 4.65. The van der Waals surface area contributed by atoms with Gasteiger partial charge in [-0.05, 0) is 44.4 Å².